The normalized spacial score (nSPS) is 19.1. The smallest absolute Gasteiger partial charge is 0.304 e. The molecule has 1 aromatic rings. The van der Waals surface area contributed by atoms with E-state index in [1.165, 1.54) is 12.1 Å². The van der Waals surface area contributed by atoms with Gasteiger partial charge in [0, 0.05) is 12.6 Å². The Morgan fingerprint density at radius 1 is 1.43 bits per heavy atom. The molecule has 0 radical (unpaired) electrons. The number of nitrogens with two attached hydrogens (primary N) is 1. The third-order valence-corrected chi connectivity index (χ3v) is 4.09. The van der Waals surface area contributed by atoms with E-state index in [1.54, 1.807) is 11.0 Å². The van der Waals surface area contributed by atoms with Crippen LogP contribution in [0.3, 0.4) is 0 Å². The topological polar surface area (TPSA) is 89.5 Å². The Balaban J connectivity index is 2.38. The number of hydrogen-bond acceptors (Lipinski definition) is 4. The lowest BCUT2D eigenvalue weighted by atomic mass is 10.1. The Labute approximate surface area is 124 Å². The molecule has 0 bridgehead atoms. The first-order valence-electron chi connectivity index (χ1n) is 7.40. The first-order chi connectivity index (χ1) is 10.1. The monoisotopic (exact) mass is 291 g/mol. The van der Waals surface area contributed by atoms with E-state index in [4.69, 9.17) is 5.73 Å². The Kier molecular flexibility index (Phi) is 4.77. The van der Waals surface area contributed by atoms with E-state index >= 15 is 0 Å². The lowest BCUT2D eigenvalue weighted by Gasteiger charge is -2.29. The first-order valence-corrected chi connectivity index (χ1v) is 7.40. The van der Waals surface area contributed by atoms with E-state index in [2.05, 4.69) is 0 Å². The first kappa shape index (κ1) is 15.3. The Morgan fingerprint density at radius 3 is 2.86 bits per heavy atom. The molecule has 1 aromatic carbocycles. The van der Waals surface area contributed by atoms with Gasteiger partial charge in [-0.2, -0.15) is 0 Å². The Hall–Kier alpha value is -2.11. The lowest BCUT2D eigenvalue weighted by Crippen LogP contribution is -2.40. The van der Waals surface area contributed by atoms with Crippen molar-refractivity contribution < 1.29 is 9.72 Å². The SMILES string of the molecule is CCC1CCCCCN1C(=O)c1cccc(N)c1[N+](=O)[O-]. The molecule has 0 aliphatic carbocycles. The number of likely N-dealkylation sites (tertiary alicyclic amines) is 1. The maximum Gasteiger partial charge on any atom is 0.304 e. The van der Waals surface area contributed by atoms with Crippen molar-refractivity contribution in [1.29, 1.82) is 0 Å². The summed E-state index contributed by atoms with van der Waals surface area (Å²) in [6, 6.07) is 4.69. The van der Waals surface area contributed by atoms with E-state index in [-0.39, 0.29) is 28.9 Å². The molecule has 1 unspecified atom stereocenters. The number of nitro benzene ring substituents is 1. The standard InChI is InChI=1S/C15H21N3O3/c1-2-11-7-4-3-5-10-17(11)15(19)12-8-6-9-13(16)14(12)18(20)21/h6,8-9,11H,2-5,7,10,16H2,1H3. The highest BCUT2D eigenvalue weighted by Gasteiger charge is 2.30. The van der Waals surface area contributed by atoms with Crippen LogP contribution in [0.2, 0.25) is 0 Å². The van der Waals surface area contributed by atoms with Gasteiger partial charge in [0.25, 0.3) is 5.91 Å². The van der Waals surface area contributed by atoms with Gasteiger partial charge in [-0.25, -0.2) is 0 Å². The molecular formula is C15H21N3O3. The van der Waals surface area contributed by atoms with Crippen LogP contribution in [0.25, 0.3) is 0 Å². The molecule has 0 aromatic heterocycles. The Morgan fingerprint density at radius 2 is 2.19 bits per heavy atom. The maximum absolute atomic E-state index is 12.8. The molecule has 1 saturated heterocycles. The number of carbonyl (C=O) groups excluding carboxylic acids is 1. The summed E-state index contributed by atoms with van der Waals surface area (Å²) in [7, 11) is 0. The number of nitrogen functional groups attached to an aromatic ring is 1. The number of anilines is 1. The minimum atomic E-state index is -0.568. The van der Waals surface area contributed by atoms with E-state index in [1.807, 2.05) is 6.92 Å². The zero-order valence-electron chi connectivity index (χ0n) is 12.2. The van der Waals surface area contributed by atoms with Gasteiger partial charge in [0.15, 0.2) is 0 Å². The number of rotatable bonds is 3. The van der Waals surface area contributed by atoms with Gasteiger partial charge < -0.3 is 10.6 Å². The molecular weight excluding hydrogens is 270 g/mol. The quantitative estimate of drug-likeness (QED) is 0.526. The molecule has 1 amide bonds. The summed E-state index contributed by atoms with van der Waals surface area (Å²) in [4.78, 5) is 25.2. The molecule has 21 heavy (non-hydrogen) atoms. The molecule has 114 valence electrons. The number of benzene rings is 1. The van der Waals surface area contributed by atoms with Gasteiger partial charge in [0.1, 0.15) is 11.3 Å². The number of hydrogen-bond donors (Lipinski definition) is 1. The maximum atomic E-state index is 12.8. The molecule has 1 aliphatic rings. The fourth-order valence-electron chi connectivity index (χ4n) is 2.96. The molecule has 6 heteroatoms. The molecule has 2 N–H and O–H groups in total. The van der Waals surface area contributed by atoms with Crippen molar-refractivity contribution in [2.75, 3.05) is 12.3 Å². The number of amides is 1. The largest absolute Gasteiger partial charge is 0.393 e. The van der Waals surface area contributed by atoms with Crippen LogP contribution >= 0.6 is 0 Å². The zero-order valence-corrected chi connectivity index (χ0v) is 12.2. The summed E-state index contributed by atoms with van der Waals surface area (Å²) in [5.74, 6) is -0.275. The second kappa shape index (κ2) is 6.56. The summed E-state index contributed by atoms with van der Waals surface area (Å²) >= 11 is 0. The fraction of sp³-hybridized carbons (Fsp3) is 0.533. The van der Waals surface area contributed by atoms with Crippen molar-refractivity contribution in [3.05, 3.63) is 33.9 Å². The van der Waals surface area contributed by atoms with Crippen LogP contribution in [-0.2, 0) is 0 Å². The number of nitrogens with zero attached hydrogens (tertiary/aromatic N) is 2. The summed E-state index contributed by atoms with van der Waals surface area (Å²) in [6.45, 7) is 2.70. The zero-order chi connectivity index (χ0) is 15.4. The van der Waals surface area contributed by atoms with Gasteiger partial charge in [-0.15, -0.1) is 0 Å². The van der Waals surface area contributed by atoms with Gasteiger partial charge in [-0.1, -0.05) is 25.8 Å². The number of para-hydroxylation sites is 1. The molecule has 1 aliphatic heterocycles. The summed E-state index contributed by atoms with van der Waals surface area (Å²) in [5.41, 5.74) is 5.53. The minimum absolute atomic E-state index is 0.0359. The second-order valence-corrected chi connectivity index (χ2v) is 5.41. The van der Waals surface area contributed by atoms with Crippen molar-refractivity contribution in [1.82, 2.24) is 4.90 Å². The average Bonchev–Trinajstić information content (AvgIpc) is 2.70. The van der Waals surface area contributed by atoms with Gasteiger partial charge in [-0.3, -0.25) is 14.9 Å². The molecule has 1 fully saturated rings. The predicted molar refractivity (Wildman–Crippen MR) is 81.1 cm³/mol. The highest BCUT2D eigenvalue weighted by Crippen LogP contribution is 2.29. The third-order valence-electron chi connectivity index (χ3n) is 4.09. The van der Waals surface area contributed by atoms with Crippen LogP contribution in [0.4, 0.5) is 11.4 Å². The summed E-state index contributed by atoms with van der Waals surface area (Å²) in [6.07, 6.45) is 4.96. The van der Waals surface area contributed by atoms with Crippen molar-refractivity contribution in [3.63, 3.8) is 0 Å². The molecule has 6 nitrogen and oxygen atoms in total. The number of carbonyl (C=O) groups is 1. The van der Waals surface area contributed by atoms with Crippen LogP contribution < -0.4 is 5.73 Å². The van der Waals surface area contributed by atoms with Gasteiger partial charge in [0.05, 0.1) is 4.92 Å². The highest BCUT2D eigenvalue weighted by molar-refractivity contribution is 6.00. The van der Waals surface area contributed by atoms with Crippen molar-refractivity contribution in [2.45, 2.75) is 45.1 Å². The highest BCUT2D eigenvalue weighted by atomic mass is 16.6. The Bertz CT molecular complexity index is 545. The molecule has 2 rings (SSSR count). The van der Waals surface area contributed by atoms with Crippen molar-refractivity contribution >= 4 is 17.3 Å². The van der Waals surface area contributed by atoms with Gasteiger partial charge >= 0.3 is 5.69 Å². The van der Waals surface area contributed by atoms with Crippen molar-refractivity contribution in [2.24, 2.45) is 0 Å². The number of nitro groups is 1. The van der Waals surface area contributed by atoms with Crippen LogP contribution in [-0.4, -0.2) is 28.3 Å². The van der Waals surface area contributed by atoms with Crippen LogP contribution in [0.5, 0.6) is 0 Å². The van der Waals surface area contributed by atoms with Crippen LogP contribution in [0.1, 0.15) is 49.4 Å². The summed E-state index contributed by atoms with van der Waals surface area (Å²) < 4.78 is 0. The molecule has 0 saturated carbocycles. The van der Waals surface area contributed by atoms with Crippen LogP contribution in [0.15, 0.2) is 18.2 Å². The predicted octanol–water partition coefficient (Wildman–Crippen LogP) is 2.97. The molecule has 1 heterocycles. The lowest BCUT2D eigenvalue weighted by molar-refractivity contribution is -0.384. The van der Waals surface area contributed by atoms with Gasteiger partial charge in [-0.05, 0) is 31.4 Å². The fourth-order valence-corrected chi connectivity index (χ4v) is 2.96. The van der Waals surface area contributed by atoms with E-state index in [0.29, 0.717) is 6.54 Å². The average molecular weight is 291 g/mol. The van der Waals surface area contributed by atoms with E-state index in [0.717, 1.165) is 32.1 Å². The van der Waals surface area contributed by atoms with E-state index < -0.39 is 4.92 Å². The molecule has 0 spiro atoms. The second-order valence-electron chi connectivity index (χ2n) is 5.41. The third kappa shape index (κ3) is 3.15. The van der Waals surface area contributed by atoms with Crippen LogP contribution in [0, 0.1) is 10.1 Å². The summed E-state index contributed by atoms with van der Waals surface area (Å²) in [5, 5.41) is 11.2. The van der Waals surface area contributed by atoms with Gasteiger partial charge in [0.2, 0.25) is 0 Å². The minimum Gasteiger partial charge on any atom is -0.393 e. The van der Waals surface area contributed by atoms with Crippen molar-refractivity contribution in [3.8, 4) is 0 Å². The van der Waals surface area contributed by atoms with E-state index in [9.17, 15) is 14.9 Å². The molecule has 1 atom stereocenters.